The smallest absolute Gasteiger partial charge is 0.0953 e. The van der Waals surface area contributed by atoms with E-state index in [-0.39, 0.29) is 5.92 Å². The second-order valence-electron chi connectivity index (χ2n) is 3.89. The van der Waals surface area contributed by atoms with Crippen LogP contribution in [0.15, 0.2) is 18.2 Å². The van der Waals surface area contributed by atoms with E-state index < -0.39 is 6.10 Å². The average Bonchev–Trinajstić information content (AvgIpc) is 2.19. The molecule has 0 bridgehead atoms. The Balaban J connectivity index is 3.11. The molecule has 0 spiro atoms. The lowest BCUT2D eigenvalue weighted by Gasteiger charge is -2.19. The molecular weight excluding hydrogens is 186 g/mol. The van der Waals surface area contributed by atoms with E-state index in [1.165, 1.54) is 0 Å². The zero-order valence-electron chi connectivity index (χ0n) is 9.49. The number of nitriles is 1. The van der Waals surface area contributed by atoms with Gasteiger partial charge in [0.05, 0.1) is 18.1 Å². The summed E-state index contributed by atoms with van der Waals surface area (Å²) in [5.41, 5.74) is 3.01. The summed E-state index contributed by atoms with van der Waals surface area (Å²) in [4.78, 5) is 0. The van der Waals surface area contributed by atoms with Crippen LogP contribution in [-0.4, -0.2) is 5.11 Å². The summed E-state index contributed by atoms with van der Waals surface area (Å²) in [7, 11) is 0. The minimum Gasteiger partial charge on any atom is -0.387 e. The molecular formula is C13H17NO. The van der Waals surface area contributed by atoms with E-state index in [1.54, 1.807) is 0 Å². The van der Waals surface area contributed by atoms with Crippen molar-refractivity contribution in [3.05, 3.63) is 34.9 Å². The molecule has 0 saturated carbocycles. The maximum atomic E-state index is 10.1. The summed E-state index contributed by atoms with van der Waals surface area (Å²) < 4.78 is 0. The molecule has 0 amide bonds. The molecule has 2 atom stereocenters. The standard InChI is InChI=1S/C13H17NO/c1-4-11(8-14)13(15)12-9(2)6-5-7-10(12)3/h5-7,11,13,15H,4H2,1-3H3. The molecule has 0 aliphatic heterocycles. The molecule has 1 aromatic rings. The van der Waals surface area contributed by atoms with Gasteiger partial charge in [0.2, 0.25) is 0 Å². The first-order valence-electron chi connectivity index (χ1n) is 5.25. The Morgan fingerprint density at radius 2 is 1.87 bits per heavy atom. The van der Waals surface area contributed by atoms with Crippen molar-refractivity contribution in [3.63, 3.8) is 0 Å². The molecule has 0 aliphatic carbocycles. The summed E-state index contributed by atoms with van der Waals surface area (Å²) in [6, 6.07) is 8.06. The Hall–Kier alpha value is -1.33. The highest BCUT2D eigenvalue weighted by Gasteiger charge is 2.21. The van der Waals surface area contributed by atoms with Gasteiger partial charge in [0.15, 0.2) is 0 Å². The number of hydrogen-bond acceptors (Lipinski definition) is 2. The molecule has 2 nitrogen and oxygen atoms in total. The summed E-state index contributed by atoms with van der Waals surface area (Å²) in [6.45, 7) is 5.86. The molecule has 2 heteroatoms. The number of nitrogens with zero attached hydrogens (tertiary/aromatic N) is 1. The minimum absolute atomic E-state index is 0.315. The highest BCUT2D eigenvalue weighted by atomic mass is 16.3. The minimum atomic E-state index is -0.666. The summed E-state index contributed by atoms with van der Waals surface area (Å²) in [6.07, 6.45) is 0.00651. The molecule has 1 aromatic carbocycles. The maximum absolute atomic E-state index is 10.1. The number of aryl methyl sites for hydroxylation is 2. The van der Waals surface area contributed by atoms with Crippen molar-refractivity contribution in [2.45, 2.75) is 33.3 Å². The van der Waals surface area contributed by atoms with Gasteiger partial charge in [-0.25, -0.2) is 0 Å². The molecule has 0 aromatic heterocycles. The van der Waals surface area contributed by atoms with E-state index in [2.05, 4.69) is 6.07 Å². The zero-order chi connectivity index (χ0) is 11.4. The highest BCUT2D eigenvalue weighted by Crippen LogP contribution is 2.29. The van der Waals surface area contributed by atoms with Gasteiger partial charge in [-0.1, -0.05) is 25.1 Å². The van der Waals surface area contributed by atoms with Crippen LogP contribution >= 0.6 is 0 Å². The second-order valence-corrected chi connectivity index (χ2v) is 3.89. The van der Waals surface area contributed by atoms with Crippen LogP contribution in [0.2, 0.25) is 0 Å². The fraction of sp³-hybridized carbons (Fsp3) is 0.462. The van der Waals surface area contributed by atoms with E-state index in [4.69, 9.17) is 5.26 Å². The van der Waals surface area contributed by atoms with Gasteiger partial charge in [0, 0.05) is 0 Å². The van der Waals surface area contributed by atoms with Gasteiger partial charge in [-0.2, -0.15) is 5.26 Å². The molecule has 0 saturated heterocycles. The number of aliphatic hydroxyl groups is 1. The lowest BCUT2D eigenvalue weighted by Crippen LogP contribution is -2.12. The topological polar surface area (TPSA) is 44.0 Å². The van der Waals surface area contributed by atoms with Gasteiger partial charge in [-0.05, 0) is 37.0 Å². The normalized spacial score (nSPS) is 14.3. The predicted octanol–water partition coefficient (Wildman–Crippen LogP) is 2.89. The molecule has 0 fully saturated rings. The third-order valence-corrected chi connectivity index (χ3v) is 2.82. The first-order valence-corrected chi connectivity index (χ1v) is 5.25. The van der Waals surface area contributed by atoms with Gasteiger partial charge in [-0.3, -0.25) is 0 Å². The van der Waals surface area contributed by atoms with E-state index in [0.29, 0.717) is 6.42 Å². The predicted molar refractivity (Wildman–Crippen MR) is 60.3 cm³/mol. The molecule has 15 heavy (non-hydrogen) atoms. The van der Waals surface area contributed by atoms with Gasteiger partial charge >= 0.3 is 0 Å². The van der Waals surface area contributed by atoms with Gasteiger partial charge in [0.25, 0.3) is 0 Å². The van der Waals surface area contributed by atoms with E-state index in [1.807, 2.05) is 39.0 Å². The third kappa shape index (κ3) is 2.37. The molecule has 1 rings (SSSR count). The molecule has 0 radical (unpaired) electrons. The fourth-order valence-corrected chi connectivity index (χ4v) is 1.88. The van der Waals surface area contributed by atoms with Crippen LogP contribution in [0.4, 0.5) is 0 Å². The monoisotopic (exact) mass is 203 g/mol. The van der Waals surface area contributed by atoms with Crippen LogP contribution in [0.3, 0.4) is 0 Å². The lowest BCUT2D eigenvalue weighted by atomic mass is 9.89. The fourth-order valence-electron chi connectivity index (χ4n) is 1.88. The summed E-state index contributed by atoms with van der Waals surface area (Å²) >= 11 is 0. The summed E-state index contributed by atoms with van der Waals surface area (Å²) in [5, 5.41) is 19.0. The van der Waals surface area contributed by atoms with E-state index in [0.717, 1.165) is 16.7 Å². The van der Waals surface area contributed by atoms with E-state index >= 15 is 0 Å². The van der Waals surface area contributed by atoms with Crippen LogP contribution in [-0.2, 0) is 0 Å². The van der Waals surface area contributed by atoms with Crippen molar-refractivity contribution >= 4 is 0 Å². The molecule has 2 unspecified atom stereocenters. The quantitative estimate of drug-likeness (QED) is 0.820. The summed E-state index contributed by atoms with van der Waals surface area (Å²) in [5.74, 6) is -0.315. The van der Waals surface area contributed by atoms with Crippen LogP contribution in [0.5, 0.6) is 0 Å². The third-order valence-electron chi connectivity index (χ3n) is 2.82. The average molecular weight is 203 g/mol. The first kappa shape index (κ1) is 11.7. The van der Waals surface area contributed by atoms with Crippen molar-refractivity contribution in [1.29, 1.82) is 5.26 Å². The number of aliphatic hydroxyl groups excluding tert-OH is 1. The second kappa shape index (κ2) is 4.95. The molecule has 80 valence electrons. The Labute approximate surface area is 91.2 Å². The Morgan fingerprint density at radius 3 is 2.27 bits per heavy atom. The largest absolute Gasteiger partial charge is 0.387 e. The van der Waals surface area contributed by atoms with Crippen LogP contribution in [0.25, 0.3) is 0 Å². The number of rotatable bonds is 3. The molecule has 0 aliphatic rings. The van der Waals surface area contributed by atoms with Crippen LogP contribution in [0, 0.1) is 31.1 Å². The van der Waals surface area contributed by atoms with Crippen LogP contribution < -0.4 is 0 Å². The van der Waals surface area contributed by atoms with Gasteiger partial charge in [0.1, 0.15) is 0 Å². The zero-order valence-corrected chi connectivity index (χ0v) is 9.49. The number of hydrogen-bond donors (Lipinski definition) is 1. The molecule has 1 N–H and O–H groups in total. The van der Waals surface area contributed by atoms with Crippen molar-refractivity contribution in [2.24, 2.45) is 5.92 Å². The SMILES string of the molecule is CCC(C#N)C(O)c1c(C)cccc1C. The van der Waals surface area contributed by atoms with Crippen molar-refractivity contribution in [2.75, 3.05) is 0 Å². The van der Waals surface area contributed by atoms with Crippen LogP contribution in [0.1, 0.15) is 36.1 Å². The Morgan fingerprint density at radius 1 is 1.33 bits per heavy atom. The number of benzene rings is 1. The highest BCUT2D eigenvalue weighted by molar-refractivity contribution is 5.36. The van der Waals surface area contributed by atoms with Gasteiger partial charge in [-0.15, -0.1) is 0 Å². The first-order chi connectivity index (χ1) is 7.11. The van der Waals surface area contributed by atoms with E-state index in [9.17, 15) is 5.11 Å². The van der Waals surface area contributed by atoms with Crippen molar-refractivity contribution in [3.8, 4) is 6.07 Å². The Kier molecular flexibility index (Phi) is 3.88. The Bertz CT molecular complexity index is 358. The van der Waals surface area contributed by atoms with Crippen molar-refractivity contribution < 1.29 is 5.11 Å². The lowest BCUT2D eigenvalue weighted by molar-refractivity contribution is 0.131. The van der Waals surface area contributed by atoms with Crippen molar-refractivity contribution in [1.82, 2.24) is 0 Å². The molecule has 0 heterocycles. The van der Waals surface area contributed by atoms with Gasteiger partial charge < -0.3 is 5.11 Å². The maximum Gasteiger partial charge on any atom is 0.0953 e.